The summed E-state index contributed by atoms with van der Waals surface area (Å²) in [5.74, 6) is -8.64. The molecule has 2 rings (SSSR count). The molecule has 0 saturated carbocycles. The Balaban J connectivity index is 2.48. The van der Waals surface area contributed by atoms with Crippen LogP contribution in [0.4, 0.5) is 0 Å². The number of nitrogens with one attached hydrogen (secondary N) is 9. The van der Waals surface area contributed by atoms with E-state index in [9.17, 15) is 58.2 Å². The average molecular weight is 1030 g/mol. The normalized spacial score (nSPS) is 15.5. The summed E-state index contributed by atoms with van der Waals surface area (Å²) in [5, 5.41) is 40.3. The van der Waals surface area contributed by atoms with Gasteiger partial charge >= 0.3 is 5.97 Å². The predicted molar refractivity (Wildman–Crippen MR) is 271 cm³/mol. The van der Waals surface area contributed by atoms with Crippen molar-refractivity contribution in [2.24, 2.45) is 29.2 Å². The third-order valence-corrected chi connectivity index (χ3v) is 12.4. The predicted octanol–water partition coefficient (Wildman–Crippen LogP) is -0.810. The number of fused-ring (bicyclic) bond motifs is 1. The topological polar surface area (TPSA) is 375 Å². The zero-order chi connectivity index (χ0) is 54.4. The lowest BCUT2D eigenvalue weighted by Crippen LogP contribution is -2.61. The lowest BCUT2D eigenvalue weighted by molar-refractivity contribution is -0.142. The summed E-state index contributed by atoms with van der Waals surface area (Å²) in [4.78, 5) is 136. The van der Waals surface area contributed by atoms with Gasteiger partial charge in [0.05, 0.1) is 6.61 Å². The number of carbonyl (C=O) groups excluding carboxylic acids is 9. The Kier molecular flexibility index (Phi) is 26.3. The molecule has 402 valence electrons. The molecule has 0 aliphatic heterocycles. The molecule has 0 fully saturated rings. The van der Waals surface area contributed by atoms with Gasteiger partial charge in [0.2, 0.25) is 53.2 Å². The highest BCUT2D eigenvalue weighted by molar-refractivity contribution is 7.98. The van der Waals surface area contributed by atoms with E-state index in [1.807, 2.05) is 52.1 Å². The van der Waals surface area contributed by atoms with Crippen molar-refractivity contribution in [3.8, 4) is 0 Å². The molecule has 0 spiro atoms. The zero-order valence-electron chi connectivity index (χ0n) is 42.7. The van der Waals surface area contributed by atoms with Crippen LogP contribution >= 0.6 is 11.8 Å². The molecular weight excluding hydrogens is 955 g/mol. The molecule has 1 aromatic heterocycles. The SMILES string of the molecule is CC[C@H](C)[C@H](NC(=O)[C@H](Cc1c[nH]c2ccccc12)NC(=O)[C@H](CCSC)NC(=O)[C@H](CC(C)C)NC(=O)[C@H](CC(C)C)NC(=O)[C@@H](N)CO)C(=O)N[C@@H](C)C(=O)N[C@@H](CCC(N)=O)C(=O)N[C@@H](C)C(=O)O. The second kappa shape index (κ2) is 30.6. The van der Waals surface area contributed by atoms with Gasteiger partial charge in [0.25, 0.3) is 0 Å². The number of amides is 9. The van der Waals surface area contributed by atoms with Crippen molar-refractivity contribution in [1.82, 2.24) is 47.5 Å². The van der Waals surface area contributed by atoms with Crippen LogP contribution in [0.5, 0.6) is 0 Å². The van der Waals surface area contributed by atoms with Crippen LogP contribution in [0, 0.1) is 17.8 Å². The number of aliphatic hydroxyl groups is 1. The number of carbonyl (C=O) groups is 10. The monoisotopic (exact) mass is 1030 g/mol. The summed E-state index contributed by atoms with van der Waals surface area (Å²) >= 11 is 1.40. The fraction of sp³-hybridized carbons (Fsp3) is 0.625. The molecule has 0 saturated heterocycles. The van der Waals surface area contributed by atoms with E-state index in [2.05, 4.69) is 47.5 Å². The Labute approximate surface area is 424 Å². The first-order chi connectivity index (χ1) is 33.8. The van der Waals surface area contributed by atoms with Crippen molar-refractivity contribution < 1.29 is 58.2 Å². The molecule has 23 nitrogen and oxygen atoms in total. The number of carboxylic acid groups (broad SMARTS) is 1. The molecule has 72 heavy (non-hydrogen) atoms. The maximum atomic E-state index is 14.6. The Morgan fingerprint density at radius 3 is 1.65 bits per heavy atom. The number of nitrogens with two attached hydrogens (primary N) is 2. The van der Waals surface area contributed by atoms with E-state index >= 15 is 0 Å². The number of thioether (sulfide) groups is 1. The number of carboxylic acids is 1. The van der Waals surface area contributed by atoms with Crippen LogP contribution in [-0.4, -0.2) is 147 Å². The highest BCUT2D eigenvalue weighted by Gasteiger charge is 2.36. The minimum atomic E-state index is -1.39. The first kappa shape index (κ1) is 61.8. The van der Waals surface area contributed by atoms with Gasteiger partial charge in [-0.2, -0.15) is 11.8 Å². The van der Waals surface area contributed by atoms with Crippen LogP contribution in [0.1, 0.15) is 99.5 Å². The third-order valence-electron chi connectivity index (χ3n) is 11.8. The summed E-state index contributed by atoms with van der Waals surface area (Å²) in [6, 6.07) is -4.14. The van der Waals surface area contributed by atoms with Crippen LogP contribution in [0.2, 0.25) is 0 Å². The molecule has 0 radical (unpaired) electrons. The molecule has 15 N–H and O–H groups in total. The molecule has 2 aromatic rings. The summed E-state index contributed by atoms with van der Waals surface area (Å²) in [6.45, 7) is 12.7. The van der Waals surface area contributed by atoms with E-state index in [4.69, 9.17) is 11.5 Å². The maximum Gasteiger partial charge on any atom is 0.325 e. The first-order valence-electron chi connectivity index (χ1n) is 24.2. The molecule has 24 heteroatoms. The van der Waals surface area contributed by atoms with Crippen molar-refractivity contribution in [3.63, 3.8) is 0 Å². The van der Waals surface area contributed by atoms with E-state index in [1.54, 1.807) is 26.1 Å². The molecule has 0 aliphatic carbocycles. The molecule has 1 heterocycles. The summed E-state index contributed by atoms with van der Waals surface area (Å²) in [5.41, 5.74) is 12.4. The first-order valence-corrected chi connectivity index (χ1v) is 25.6. The van der Waals surface area contributed by atoms with Crippen LogP contribution in [0.15, 0.2) is 30.5 Å². The minimum Gasteiger partial charge on any atom is -0.480 e. The number of H-pyrrole nitrogens is 1. The third kappa shape index (κ3) is 20.5. The smallest absolute Gasteiger partial charge is 0.325 e. The van der Waals surface area contributed by atoms with Gasteiger partial charge in [-0.05, 0) is 80.9 Å². The van der Waals surface area contributed by atoms with Gasteiger partial charge in [-0.15, -0.1) is 0 Å². The number of aromatic amines is 1. The number of rotatable bonds is 32. The Morgan fingerprint density at radius 2 is 1.11 bits per heavy atom. The molecular formula is C48H77N11O12S. The van der Waals surface area contributed by atoms with E-state index in [-0.39, 0.29) is 50.4 Å². The van der Waals surface area contributed by atoms with Crippen molar-refractivity contribution in [2.75, 3.05) is 18.6 Å². The Morgan fingerprint density at radius 1 is 0.625 bits per heavy atom. The summed E-state index contributed by atoms with van der Waals surface area (Å²) in [7, 11) is 0. The number of aromatic nitrogens is 1. The van der Waals surface area contributed by atoms with Crippen LogP contribution < -0.4 is 54.0 Å². The molecule has 1 aromatic carbocycles. The fourth-order valence-electron chi connectivity index (χ4n) is 7.37. The number of hydrogen-bond donors (Lipinski definition) is 13. The van der Waals surface area contributed by atoms with Crippen LogP contribution in [0.25, 0.3) is 10.9 Å². The van der Waals surface area contributed by atoms with E-state index in [0.29, 0.717) is 17.7 Å². The van der Waals surface area contributed by atoms with E-state index in [1.165, 1.54) is 25.6 Å². The Hall–Kier alpha value is -6.27. The van der Waals surface area contributed by atoms with Crippen molar-refractivity contribution in [3.05, 3.63) is 36.0 Å². The number of benzene rings is 1. The van der Waals surface area contributed by atoms with E-state index < -0.39 is 126 Å². The highest BCUT2D eigenvalue weighted by atomic mass is 32.2. The average Bonchev–Trinajstić information content (AvgIpc) is 3.73. The highest BCUT2D eigenvalue weighted by Crippen LogP contribution is 2.20. The second-order valence-corrected chi connectivity index (χ2v) is 19.9. The van der Waals surface area contributed by atoms with Gasteiger partial charge in [-0.3, -0.25) is 47.9 Å². The van der Waals surface area contributed by atoms with Gasteiger partial charge in [0.15, 0.2) is 0 Å². The quantitative estimate of drug-likeness (QED) is 0.0427. The minimum absolute atomic E-state index is 0.0678. The largest absolute Gasteiger partial charge is 0.480 e. The number of aliphatic hydroxyl groups excluding tert-OH is 1. The lowest BCUT2D eigenvalue weighted by Gasteiger charge is -2.29. The number of primary amides is 1. The van der Waals surface area contributed by atoms with Gasteiger partial charge in [-0.25, -0.2) is 0 Å². The van der Waals surface area contributed by atoms with Crippen LogP contribution in [-0.2, 0) is 54.4 Å². The van der Waals surface area contributed by atoms with Crippen LogP contribution in [0.3, 0.4) is 0 Å². The summed E-state index contributed by atoms with van der Waals surface area (Å²) in [6.07, 6.45) is 3.63. The van der Waals surface area contributed by atoms with Crippen molar-refractivity contribution in [1.29, 1.82) is 0 Å². The fourth-order valence-corrected chi connectivity index (χ4v) is 7.84. The van der Waals surface area contributed by atoms with Gasteiger partial charge in [-0.1, -0.05) is 66.2 Å². The van der Waals surface area contributed by atoms with Crippen molar-refractivity contribution >= 4 is 81.8 Å². The second-order valence-electron chi connectivity index (χ2n) is 18.9. The zero-order valence-corrected chi connectivity index (χ0v) is 43.5. The van der Waals surface area contributed by atoms with Gasteiger partial charge < -0.3 is 69.2 Å². The number of aliphatic carboxylic acids is 1. The molecule has 0 unspecified atom stereocenters. The standard InChI is InChI=1S/C48H77N11O12S/c1-10-26(6)39(47(69)52-27(7)40(62)54-33(15-16-38(50)61)42(64)53-28(8)48(70)71)59-46(68)37(21-29-22-51-32-14-12-11-13-30(29)32)58-43(65)34(17-18-72-9)55-44(66)36(20-25(4)5)57-45(67)35(19-24(2)3)56-41(63)31(49)23-60/h11-14,22,24-28,31,33-37,39,51,60H,10,15-21,23,49H2,1-9H3,(H2,50,61)(H,52,69)(H,53,64)(H,54,62)(H,55,66)(H,56,63)(H,57,67)(H,58,65)(H,59,68)(H,70,71)/t26-,27-,28-,31-,33-,34-,35-,36-,37-,39-/m0/s1. The van der Waals surface area contributed by atoms with Crippen molar-refractivity contribution in [2.45, 2.75) is 155 Å². The lowest BCUT2D eigenvalue weighted by atomic mass is 9.96. The van der Waals surface area contributed by atoms with Gasteiger partial charge in [0.1, 0.15) is 54.4 Å². The van der Waals surface area contributed by atoms with E-state index in [0.717, 1.165) is 10.9 Å². The molecule has 9 amide bonds. The maximum absolute atomic E-state index is 14.6. The molecule has 0 bridgehead atoms. The summed E-state index contributed by atoms with van der Waals surface area (Å²) < 4.78 is 0. The molecule has 0 aliphatic rings. The molecule has 10 atom stereocenters. The number of para-hydroxylation sites is 1. The Bertz CT molecular complexity index is 2190. The number of hydrogen-bond acceptors (Lipinski definition) is 13. The van der Waals surface area contributed by atoms with Gasteiger partial charge in [0, 0.05) is 29.9 Å².